The van der Waals surface area contributed by atoms with Crippen LogP contribution in [0.25, 0.3) is 10.8 Å². The van der Waals surface area contributed by atoms with Crippen molar-refractivity contribution in [1.82, 2.24) is 10.0 Å². The van der Waals surface area contributed by atoms with Crippen LogP contribution in [0.1, 0.15) is 41.8 Å². The van der Waals surface area contributed by atoms with E-state index in [1.165, 1.54) is 22.2 Å². The molecule has 4 rings (SSSR count). The van der Waals surface area contributed by atoms with Gasteiger partial charge in [0.2, 0.25) is 0 Å². The van der Waals surface area contributed by atoms with Gasteiger partial charge in [-0.3, -0.25) is 14.9 Å². The van der Waals surface area contributed by atoms with E-state index >= 15 is 0 Å². The van der Waals surface area contributed by atoms with E-state index in [9.17, 15) is 19.7 Å². The highest BCUT2D eigenvalue weighted by atomic mass is 16.6. The number of hydrogen-bond donors (Lipinski definition) is 0. The summed E-state index contributed by atoms with van der Waals surface area (Å²) in [5, 5.41) is 15.6. The molecule has 200 valence electrons. The largest absolute Gasteiger partial charge is 0.443 e. The van der Waals surface area contributed by atoms with Crippen molar-refractivity contribution >= 4 is 28.5 Å². The molecule has 39 heavy (non-hydrogen) atoms. The molecule has 2 amide bonds. The van der Waals surface area contributed by atoms with Crippen molar-refractivity contribution in [3.63, 3.8) is 0 Å². The molecular formula is C31H31N3O5. The van der Waals surface area contributed by atoms with Gasteiger partial charge in [0, 0.05) is 24.2 Å². The molecule has 0 radical (unpaired) electrons. The van der Waals surface area contributed by atoms with Crippen LogP contribution >= 0.6 is 0 Å². The maximum Gasteiger partial charge on any atom is 0.429 e. The summed E-state index contributed by atoms with van der Waals surface area (Å²) < 4.78 is 5.68. The molecule has 8 heteroatoms. The van der Waals surface area contributed by atoms with Gasteiger partial charge in [0.25, 0.3) is 11.6 Å². The highest BCUT2D eigenvalue weighted by molar-refractivity contribution is 6.07. The molecule has 4 aromatic carbocycles. The molecule has 1 atom stereocenters. The van der Waals surface area contributed by atoms with E-state index < -0.39 is 11.0 Å². The number of ether oxygens (including phenoxy) is 1. The quantitative estimate of drug-likeness (QED) is 0.173. The minimum atomic E-state index is -0.644. The van der Waals surface area contributed by atoms with E-state index in [4.69, 9.17) is 4.74 Å². The average Bonchev–Trinajstić information content (AvgIpc) is 2.97. The van der Waals surface area contributed by atoms with E-state index in [1.54, 1.807) is 18.2 Å². The normalized spacial score (nSPS) is 11.5. The van der Waals surface area contributed by atoms with Crippen LogP contribution in [0.3, 0.4) is 0 Å². The third-order valence-electron chi connectivity index (χ3n) is 6.62. The lowest BCUT2D eigenvalue weighted by Crippen LogP contribution is -2.51. The number of nitrogens with zero attached hydrogens (tertiary/aromatic N) is 3. The number of amides is 2. The molecule has 0 saturated carbocycles. The van der Waals surface area contributed by atoms with Gasteiger partial charge < -0.3 is 4.74 Å². The SMILES string of the molecule is CC[C@H](C)CN(C(=O)OCc1ccccc1)N(Cc1ccc([N+](=O)[O-])cc1)C(=O)c1cccc2ccccc12. The van der Waals surface area contributed by atoms with E-state index in [0.29, 0.717) is 11.1 Å². The number of fused-ring (bicyclic) bond motifs is 1. The van der Waals surface area contributed by atoms with Gasteiger partial charge in [0.05, 0.1) is 11.5 Å². The molecule has 8 nitrogen and oxygen atoms in total. The van der Waals surface area contributed by atoms with Crippen LogP contribution in [0, 0.1) is 16.0 Å². The summed E-state index contributed by atoms with van der Waals surface area (Å²) >= 11 is 0. The van der Waals surface area contributed by atoms with Crippen LogP contribution < -0.4 is 0 Å². The predicted octanol–water partition coefficient (Wildman–Crippen LogP) is 6.99. The van der Waals surface area contributed by atoms with Crippen molar-refractivity contribution < 1.29 is 19.2 Å². The number of rotatable bonds is 9. The number of carbonyl (C=O) groups excluding carboxylic acids is 2. The first-order valence-corrected chi connectivity index (χ1v) is 12.9. The van der Waals surface area contributed by atoms with E-state index in [-0.39, 0.29) is 37.2 Å². The second-order valence-corrected chi connectivity index (χ2v) is 9.45. The van der Waals surface area contributed by atoms with Crippen molar-refractivity contribution in [2.45, 2.75) is 33.4 Å². The van der Waals surface area contributed by atoms with Gasteiger partial charge >= 0.3 is 6.09 Å². The third kappa shape index (κ3) is 6.78. The van der Waals surface area contributed by atoms with Crippen molar-refractivity contribution in [1.29, 1.82) is 0 Å². The van der Waals surface area contributed by atoms with E-state index in [1.807, 2.05) is 80.6 Å². The minimum absolute atomic E-state index is 0.0247. The molecular weight excluding hydrogens is 494 g/mol. The smallest absolute Gasteiger partial charge is 0.429 e. The number of nitro groups is 1. The van der Waals surface area contributed by atoms with Crippen LogP contribution in [-0.2, 0) is 17.9 Å². The van der Waals surface area contributed by atoms with Gasteiger partial charge in [0.15, 0.2) is 0 Å². The van der Waals surface area contributed by atoms with Gasteiger partial charge in [-0.1, -0.05) is 99.1 Å². The van der Waals surface area contributed by atoms with Crippen LogP contribution in [0.5, 0.6) is 0 Å². The van der Waals surface area contributed by atoms with Crippen LogP contribution in [0.15, 0.2) is 97.1 Å². The number of hydrogen-bond acceptors (Lipinski definition) is 5. The molecule has 0 unspecified atom stereocenters. The number of hydrazine groups is 1. The molecule has 0 heterocycles. The molecule has 0 aliphatic rings. The highest BCUT2D eigenvalue weighted by Crippen LogP contribution is 2.24. The molecule has 0 aliphatic carbocycles. The number of nitro benzene ring substituents is 1. The topological polar surface area (TPSA) is 93.0 Å². The Kier molecular flexibility index (Phi) is 8.89. The standard InChI is InChI=1S/C31H31N3O5/c1-3-23(2)20-33(31(36)39-22-25-10-5-4-6-11-25)32(21-24-16-18-27(19-17-24)34(37)38)30(35)29-15-9-13-26-12-7-8-14-28(26)29/h4-19,23H,3,20-22H2,1-2H3/t23-/m0/s1. The number of benzene rings is 4. The van der Waals surface area contributed by atoms with E-state index in [0.717, 1.165) is 22.8 Å². The van der Waals surface area contributed by atoms with Crippen molar-refractivity contribution in [2.24, 2.45) is 5.92 Å². The first-order chi connectivity index (χ1) is 18.9. The van der Waals surface area contributed by atoms with Crippen LogP contribution in [0.2, 0.25) is 0 Å². The summed E-state index contributed by atoms with van der Waals surface area (Å²) in [5.74, 6) is -0.293. The summed E-state index contributed by atoms with van der Waals surface area (Å²) in [6.07, 6.45) is 0.144. The third-order valence-corrected chi connectivity index (χ3v) is 6.62. The fraction of sp³-hybridized carbons (Fsp3) is 0.226. The van der Waals surface area contributed by atoms with Crippen LogP contribution in [0.4, 0.5) is 10.5 Å². The van der Waals surface area contributed by atoms with E-state index in [2.05, 4.69) is 0 Å². The fourth-order valence-corrected chi connectivity index (χ4v) is 4.20. The van der Waals surface area contributed by atoms with Crippen molar-refractivity contribution in [3.8, 4) is 0 Å². The number of non-ortho nitro benzene ring substituents is 1. The summed E-state index contributed by atoms with van der Waals surface area (Å²) in [4.78, 5) is 38.5. The Morgan fingerprint density at radius 2 is 1.51 bits per heavy atom. The van der Waals surface area contributed by atoms with Gasteiger partial charge in [-0.2, -0.15) is 0 Å². The second-order valence-electron chi connectivity index (χ2n) is 9.45. The first-order valence-electron chi connectivity index (χ1n) is 12.9. The Morgan fingerprint density at radius 1 is 0.846 bits per heavy atom. The van der Waals surface area contributed by atoms with Gasteiger partial charge in [0.1, 0.15) is 6.61 Å². The minimum Gasteiger partial charge on any atom is -0.443 e. The second kappa shape index (κ2) is 12.7. The molecule has 0 saturated heterocycles. The molecule has 0 bridgehead atoms. The zero-order valence-corrected chi connectivity index (χ0v) is 22.0. The molecule has 4 aromatic rings. The Bertz CT molecular complexity index is 1430. The Labute approximate surface area is 227 Å². The van der Waals surface area contributed by atoms with Gasteiger partial charge in [-0.15, -0.1) is 0 Å². The monoisotopic (exact) mass is 525 g/mol. The first kappa shape index (κ1) is 27.3. The molecule has 0 fully saturated rings. The maximum absolute atomic E-state index is 14.2. The summed E-state index contributed by atoms with van der Waals surface area (Å²) in [6.45, 7) is 4.37. The molecule has 0 spiro atoms. The van der Waals surface area contributed by atoms with Gasteiger partial charge in [-0.25, -0.2) is 14.8 Å². The molecule has 0 aliphatic heterocycles. The molecule has 0 N–H and O–H groups in total. The predicted molar refractivity (Wildman–Crippen MR) is 150 cm³/mol. The molecule has 0 aromatic heterocycles. The zero-order valence-electron chi connectivity index (χ0n) is 22.0. The lowest BCUT2D eigenvalue weighted by molar-refractivity contribution is -0.384. The number of carbonyl (C=O) groups is 2. The summed E-state index contributed by atoms with van der Waals surface area (Å²) in [6, 6.07) is 28.4. The maximum atomic E-state index is 14.2. The lowest BCUT2D eigenvalue weighted by atomic mass is 10.0. The Morgan fingerprint density at radius 3 is 2.21 bits per heavy atom. The summed E-state index contributed by atoms with van der Waals surface area (Å²) in [7, 11) is 0. The summed E-state index contributed by atoms with van der Waals surface area (Å²) in [5.41, 5.74) is 1.86. The Hall–Kier alpha value is -4.72. The van der Waals surface area contributed by atoms with Crippen LogP contribution in [-0.4, -0.2) is 33.5 Å². The van der Waals surface area contributed by atoms with Gasteiger partial charge in [-0.05, 0) is 33.9 Å². The average molecular weight is 526 g/mol. The fourth-order valence-electron chi connectivity index (χ4n) is 4.20. The van der Waals surface area contributed by atoms with Crippen molar-refractivity contribution in [2.75, 3.05) is 6.54 Å². The highest BCUT2D eigenvalue weighted by Gasteiger charge is 2.30. The lowest BCUT2D eigenvalue weighted by Gasteiger charge is -2.36. The zero-order chi connectivity index (χ0) is 27.8. The van der Waals surface area contributed by atoms with Crippen molar-refractivity contribution in [3.05, 3.63) is 124 Å². The Balaban J connectivity index is 1.73.